The largest absolute Gasteiger partial charge is 0.465 e. The molecule has 0 saturated heterocycles. The number of hydrogen-bond donors (Lipinski definition) is 1. The van der Waals surface area contributed by atoms with Gasteiger partial charge in [0, 0.05) is 5.69 Å². The van der Waals surface area contributed by atoms with Crippen molar-refractivity contribution in [2.24, 2.45) is 0 Å². The number of alkyl halides is 5. The van der Waals surface area contributed by atoms with Gasteiger partial charge in [-0.05, 0) is 18.2 Å². The fourth-order valence-electron chi connectivity index (χ4n) is 1.23. The third-order valence-electron chi connectivity index (χ3n) is 2.17. The van der Waals surface area contributed by atoms with Gasteiger partial charge in [0.15, 0.2) is 0 Å². The van der Waals surface area contributed by atoms with Crippen LogP contribution in [0.1, 0.15) is 15.9 Å². The van der Waals surface area contributed by atoms with Gasteiger partial charge in [0.05, 0.1) is 18.2 Å². The lowest BCUT2D eigenvalue weighted by atomic mass is 10.0. The van der Waals surface area contributed by atoms with Crippen molar-refractivity contribution in [2.75, 3.05) is 12.8 Å². The maximum absolute atomic E-state index is 13.1. The molecular formula is C10H9ClF5NO2. The molecule has 1 aromatic rings. The lowest BCUT2D eigenvalue weighted by molar-refractivity contribution is -0.289. The smallest absolute Gasteiger partial charge is 0.458 e. The number of benzene rings is 1. The Morgan fingerprint density at radius 2 is 1.74 bits per heavy atom. The zero-order valence-corrected chi connectivity index (χ0v) is 10.2. The number of anilines is 1. The molecule has 0 radical (unpaired) electrons. The van der Waals surface area contributed by atoms with E-state index >= 15 is 0 Å². The Kier molecular flexibility index (Phi) is 5.14. The lowest BCUT2D eigenvalue weighted by Gasteiger charge is -2.21. The molecule has 0 aliphatic rings. The molecule has 108 valence electrons. The number of esters is 1. The standard InChI is InChI=1S/C10H8F5NO2.ClH/c1-18-8(17)5-2-3-7(16)6(4-5)9(11,12)10(13,14)15;/h2-4H,16H2,1H3;1H. The van der Waals surface area contributed by atoms with E-state index in [9.17, 15) is 26.7 Å². The van der Waals surface area contributed by atoms with Crippen molar-refractivity contribution in [1.82, 2.24) is 0 Å². The Hall–Kier alpha value is -1.57. The molecule has 2 N–H and O–H groups in total. The maximum atomic E-state index is 13.1. The zero-order chi connectivity index (χ0) is 14.1. The van der Waals surface area contributed by atoms with Gasteiger partial charge in [-0.1, -0.05) is 0 Å². The number of carbonyl (C=O) groups excluding carboxylic acids is 1. The Morgan fingerprint density at radius 3 is 2.16 bits per heavy atom. The summed E-state index contributed by atoms with van der Waals surface area (Å²) < 4.78 is 67.0. The zero-order valence-electron chi connectivity index (χ0n) is 9.42. The third kappa shape index (κ3) is 3.25. The number of ether oxygens (including phenoxy) is 1. The Labute approximate surface area is 110 Å². The molecule has 1 rings (SSSR count). The van der Waals surface area contributed by atoms with E-state index in [0.29, 0.717) is 6.07 Å². The van der Waals surface area contributed by atoms with Crippen molar-refractivity contribution >= 4 is 24.1 Å². The summed E-state index contributed by atoms with van der Waals surface area (Å²) in [5, 5.41) is 0. The van der Waals surface area contributed by atoms with E-state index in [1.54, 1.807) is 0 Å². The van der Waals surface area contributed by atoms with Crippen molar-refractivity contribution in [2.45, 2.75) is 12.1 Å². The summed E-state index contributed by atoms with van der Waals surface area (Å²) in [5.74, 6) is -6.17. The quantitative estimate of drug-likeness (QED) is 0.519. The first kappa shape index (κ1) is 17.4. The lowest BCUT2D eigenvalue weighted by Crippen LogP contribution is -2.34. The van der Waals surface area contributed by atoms with Crippen LogP contribution in [0.2, 0.25) is 0 Å². The Balaban J connectivity index is 0.00000324. The van der Waals surface area contributed by atoms with Gasteiger partial charge in [-0.15, -0.1) is 12.4 Å². The molecule has 3 nitrogen and oxygen atoms in total. The molecular weight excluding hydrogens is 297 g/mol. The molecule has 0 saturated carbocycles. The highest BCUT2D eigenvalue weighted by Crippen LogP contribution is 2.46. The molecule has 0 spiro atoms. The molecule has 0 aliphatic carbocycles. The molecule has 0 amide bonds. The van der Waals surface area contributed by atoms with Crippen LogP contribution >= 0.6 is 12.4 Å². The molecule has 9 heteroatoms. The summed E-state index contributed by atoms with van der Waals surface area (Å²) in [5.41, 5.74) is 2.41. The molecule has 0 bridgehead atoms. The highest BCUT2D eigenvalue weighted by molar-refractivity contribution is 5.90. The van der Waals surface area contributed by atoms with Gasteiger partial charge in [-0.3, -0.25) is 0 Å². The van der Waals surface area contributed by atoms with Gasteiger partial charge in [0.2, 0.25) is 0 Å². The SMILES string of the molecule is COC(=O)c1ccc(N)c(C(F)(F)C(F)(F)F)c1.Cl. The summed E-state index contributed by atoms with van der Waals surface area (Å²) in [6.07, 6.45) is -5.80. The average Bonchev–Trinajstić information content (AvgIpc) is 2.26. The summed E-state index contributed by atoms with van der Waals surface area (Å²) in [6.45, 7) is 0. The third-order valence-corrected chi connectivity index (χ3v) is 2.17. The van der Waals surface area contributed by atoms with Crippen LogP contribution in [0.15, 0.2) is 18.2 Å². The number of methoxy groups -OCH3 is 1. The van der Waals surface area contributed by atoms with Gasteiger partial charge >= 0.3 is 18.1 Å². The van der Waals surface area contributed by atoms with Crippen LogP contribution in [-0.2, 0) is 10.7 Å². The van der Waals surface area contributed by atoms with Gasteiger partial charge < -0.3 is 10.5 Å². The second kappa shape index (κ2) is 5.60. The average molecular weight is 306 g/mol. The van der Waals surface area contributed by atoms with Crippen LogP contribution in [0.25, 0.3) is 0 Å². The van der Waals surface area contributed by atoms with E-state index in [1.165, 1.54) is 0 Å². The molecule has 0 unspecified atom stereocenters. The van der Waals surface area contributed by atoms with Crippen molar-refractivity contribution in [3.8, 4) is 0 Å². The van der Waals surface area contributed by atoms with Crippen LogP contribution < -0.4 is 5.73 Å². The number of hydrogen-bond acceptors (Lipinski definition) is 3. The molecule has 1 aromatic carbocycles. The summed E-state index contributed by atoms with van der Waals surface area (Å²) in [6, 6.07) is 2.16. The van der Waals surface area contributed by atoms with Crippen LogP contribution in [0.4, 0.5) is 27.6 Å². The minimum atomic E-state index is -5.80. The highest BCUT2D eigenvalue weighted by Gasteiger charge is 2.59. The monoisotopic (exact) mass is 305 g/mol. The predicted octanol–water partition coefficient (Wildman–Crippen LogP) is 3.13. The molecule has 0 aliphatic heterocycles. The molecule has 0 aromatic heterocycles. The fraction of sp³-hybridized carbons (Fsp3) is 0.300. The number of halogens is 6. The van der Waals surface area contributed by atoms with Gasteiger partial charge in [0.25, 0.3) is 0 Å². The predicted molar refractivity (Wildman–Crippen MR) is 59.4 cm³/mol. The number of nitrogens with two attached hydrogens (primary N) is 1. The van der Waals surface area contributed by atoms with E-state index in [4.69, 9.17) is 5.73 Å². The van der Waals surface area contributed by atoms with Gasteiger partial charge in [-0.25, -0.2) is 4.79 Å². The van der Waals surface area contributed by atoms with E-state index < -0.39 is 34.9 Å². The highest BCUT2D eigenvalue weighted by atomic mass is 35.5. The summed E-state index contributed by atoms with van der Waals surface area (Å²) in [7, 11) is 0.972. The summed E-state index contributed by atoms with van der Waals surface area (Å²) >= 11 is 0. The fourth-order valence-corrected chi connectivity index (χ4v) is 1.23. The molecule has 0 fully saturated rings. The Bertz CT molecular complexity index is 475. The van der Waals surface area contributed by atoms with E-state index in [-0.39, 0.29) is 12.4 Å². The number of rotatable bonds is 2. The van der Waals surface area contributed by atoms with Crippen molar-refractivity contribution < 1.29 is 31.5 Å². The topological polar surface area (TPSA) is 52.3 Å². The van der Waals surface area contributed by atoms with Crippen LogP contribution in [0, 0.1) is 0 Å². The molecule has 0 heterocycles. The first-order valence-corrected chi connectivity index (χ1v) is 4.54. The number of carbonyl (C=O) groups is 1. The molecule has 0 atom stereocenters. The Morgan fingerprint density at radius 1 is 1.21 bits per heavy atom. The second-order valence-corrected chi connectivity index (χ2v) is 3.37. The number of nitrogen functional groups attached to an aromatic ring is 1. The van der Waals surface area contributed by atoms with Crippen molar-refractivity contribution in [3.63, 3.8) is 0 Å². The van der Waals surface area contributed by atoms with E-state index in [0.717, 1.165) is 19.2 Å². The normalized spacial score (nSPS) is 11.7. The van der Waals surface area contributed by atoms with Gasteiger partial charge in [-0.2, -0.15) is 22.0 Å². The van der Waals surface area contributed by atoms with Crippen LogP contribution in [0.5, 0.6) is 0 Å². The first-order valence-electron chi connectivity index (χ1n) is 4.54. The minimum Gasteiger partial charge on any atom is -0.465 e. The van der Waals surface area contributed by atoms with Crippen molar-refractivity contribution in [1.29, 1.82) is 0 Å². The second-order valence-electron chi connectivity index (χ2n) is 3.37. The van der Waals surface area contributed by atoms with Crippen molar-refractivity contribution in [3.05, 3.63) is 29.3 Å². The van der Waals surface area contributed by atoms with E-state index in [1.807, 2.05) is 0 Å². The maximum Gasteiger partial charge on any atom is 0.458 e. The summed E-state index contributed by atoms with van der Waals surface area (Å²) in [4.78, 5) is 11.1. The van der Waals surface area contributed by atoms with Gasteiger partial charge in [0.1, 0.15) is 0 Å². The van der Waals surface area contributed by atoms with Crippen LogP contribution in [-0.4, -0.2) is 19.3 Å². The first-order chi connectivity index (χ1) is 8.11. The van der Waals surface area contributed by atoms with Crippen LogP contribution in [0.3, 0.4) is 0 Å². The van der Waals surface area contributed by atoms with E-state index in [2.05, 4.69) is 4.74 Å². The molecule has 19 heavy (non-hydrogen) atoms. The minimum absolute atomic E-state index is 0.